The first-order valence-corrected chi connectivity index (χ1v) is 24.2. The Morgan fingerprint density at radius 2 is 1.16 bits per heavy atom. The maximum absolute atomic E-state index is 12.7. The first kappa shape index (κ1) is 57.6. The second-order valence-corrected chi connectivity index (χ2v) is 17.3. The molecule has 10 nitrogen and oxygen atoms in total. The van der Waals surface area contributed by atoms with Gasteiger partial charge in [0.05, 0.1) is 33.9 Å². The highest BCUT2D eigenvalue weighted by Gasteiger charge is 2.27. The van der Waals surface area contributed by atoms with Gasteiger partial charge in [0.15, 0.2) is 6.10 Å². The highest BCUT2D eigenvalue weighted by Crippen LogP contribution is 2.43. The molecule has 0 aromatic heterocycles. The Hall–Kier alpha value is -3.37. The standard InChI is InChI=1S/C50H82NO9P/c1-6-8-10-12-14-15-16-17-18-19-20-21-22-26-29-33-37-41-49(53)57-45-48(46-59-61(55,56)58-44-43-51(3,4)5)60-50(54)42-38-34-30-27-24-23-25-28-32-36-40-47(52)39-35-31-13-11-9-7-2/h9,11,17-18,20-21,23-24,26,28-32,34-36,40,47-48,52H,6-8,10,12-16,19,22,25,27,33,37-39,41-46H2,1-5H3/p+1/b11-9-,18-17-,21-20-,24-23-,29-26-,32-28-,34-30-,35-31-,40-36+/t47?,48-/m1/s1. The number of rotatable bonds is 39. The van der Waals surface area contributed by atoms with Gasteiger partial charge in [-0.2, -0.15) is 0 Å². The highest BCUT2D eigenvalue weighted by molar-refractivity contribution is 7.47. The van der Waals surface area contributed by atoms with Crippen molar-refractivity contribution in [3.8, 4) is 0 Å². The van der Waals surface area contributed by atoms with Crippen LogP contribution in [0.2, 0.25) is 0 Å². The molecule has 0 aliphatic carbocycles. The predicted octanol–water partition coefficient (Wildman–Crippen LogP) is 12.1. The number of phosphoric ester groups is 1. The van der Waals surface area contributed by atoms with E-state index in [0.717, 1.165) is 44.9 Å². The number of aliphatic hydroxyl groups is 1. The number of hydrogen-bond acceptors (Lipinski definition) is 8. The monoisotopic (exact) mass is 873 g/mol. The third-order valence-corrected chi connectivity index (χ3v) is 9.87. The van der Waals surface area contributed by atoms with Crippen molar-refractivity contribution in [2.24, 2.45) is 0 Å². The van der Waals surface area contributed by atoms with E-state index in [4.69, 9.17) is 18.5 Å². The van der Waals surface area contributed by atoms with Crippen molar-refractivity contribution in [2.75, 3.05) is 47.5 Å². The lowest BCUT2D eigenvalue weighted by atomic mass is 10.1. The summed E-state index contributed by atoms with van der Waals surface area (Å²) in [6.45, 7) is 4.04. The van der Waals surface area contributed by atoms with Crippen LogP contribution in [0.3, 0.4) is 0 Å². The van der Waals surface area contributed by atoms with E-state index in [1.807, 2.05) is 75.8 Å². The number of unbranched alkanes of at least 4 members (excludes halogenated alkanes) is 7. The summed E-state index contributed by atoms with van der Waals surface area (Å²) in [5.74, 6) is -1.000. The number of ether oxygens (including phenoxy) is 2. The summed E-state index contributed by atoms with van der Waals surface area (Å²) in [6, 6.07) is 0. The molecule has 0 radical (unpaired) electrons. The first-order valence-electron chi connectivity index (χ1n) is 22.7. The van der Waals surface area contributed by atoms with Crippen LogP contribution in [-0.2, 0) is 32.7 Å². The molecule has 0 bridgehead atoms. The molecule has 0 rings (SSSR count). The smallest absolute Gasteiger partial charge is 0.462 e. The summed E-state index contributed by atoms with van der Waals surface area (Å²) in [7, 11) is 1.35. The number of hydrogen-bond donors (Lipinski definition) is 2. The fourth-order valence-electron chi connectivity index (χ4n) is 5.31. The van der Waals surface area contributed by atoms with Gasteiger partial charge in [0, 0.05) is 12.8 Å². The van der Waals surface area contributed by atoms with Crippen molar-refractivity contribution in [3.05, 3.63) is 109 Å². The number of carbonyl (C=O) groups excluding carboxylic acids is 2. The molecule has 0 aliphatic rings. The van der Waals surface area contributed by atoms with Crippen molar-refractivity contribution >= 4 is 19.8 Å². The van der Waals surface area contributed by atoms with Gasteiger partial charge in [-0.1, -0.05) is 155 Å². The zero-order valence-corrected chi connectivity index (χ0v) is 39.4. The normalized spacial score (nSPS) is 15.1. The molecule has 11 heteroatoms. The van der Waals surface area contributed by atoms with Gasteiger partial charge in [-0.15, -0.1) is 0 Å². The molecule has 2 unspecified atom stereocenters. The molecule has 0 fully saturated rings. The van der Waals surface area contributed by atoms with Crippen molar-refractivity contribution in [2.45, 2.75) is 148 Å². The Bertz CT molecular complexity index is 1420. The van der Waals surface area contributed by atoms with Crippen LogP contribution in [0.1, 0.15) is 136 Å². The van der Waals surface area contributed by atoms with E-state index in [-0.39, 0.29) is 26.1 Å². The van der Waals surface area contributed by atoms with Crippen LogP contribution in [-0.4, -0.2) is 86.1 Å². The van der Waals surface area contributed by atoms with E-state index in [0.29, 0.717) is 36.7 Å². The summed E-state index contributed by atoms with van der Waals surface area (Å²) in [5.41, 5.74) is 0. The Morgan fingerprint density at radius 1 is 0.607 bits per heavy atom. The van der Waals surface area contributed by atoms with Crippen LogP contribution in [0, 0.1) is 0 Å². The predicted molar refractivity (Wildman–Crippen MR) is 253 cm³/mol. The van der Waals surface area contributed by atoms with Crippen molar-refractivity contribution < 1.29 is 47.2 Å². The van der Waals surface area contributed by atoms with Crippen molar-refractivity contribution in [3.63, 3.8) is 0 Å². The molecule has 0 aromatic carbocycles. The lowest BCUT2D eigenvalue weighted by Gasteiger charge is -2.24. The molecule has 61 heavy (non-hydrogen) atoms. The van der Waals surface area contributed by atoms with Crippen LogP contribution in [0.5, 0.6) is 0 Å². The summed E-state index contributed by atoms with van der Waals surface area (Å²) < 4.78 is 34.1. The van der Waals surface area contributed by atoms with Crippen LogP contribution in [0.25, 0.3) is 0 Å². The summed E-state index contributed by atoms with van der Waals surface area (Å²) in [4.78, 5) is 35.3. The van der Waals surface area contributed by atoms with Gasteiger partial charge in [0.2, 0.25) is 0 Å². The molecule has 0 amide bonds. The Balaban J connectivity index is 4.63. The zero-order chi connectivity index (χ0) is 45.1. The number of carbonyl (C=O) groups is 2. The molecular formula is C50H83NO9P+. The first-order chi connectivity index (χ1) is 29.4. The number of quaternary nitrogens is 1. The van der Waals surface area contributed by atoms with Gasteiger partial charge in [0.25, 0.3) is 0 Å². The van der Waals surface area contributed by atoms with E-state index < -0.39 is 38.6 Å². The van der Waals surface area contributed by atoms with Crippen LogP contribution in [0.15, 0.2) is 109 Å². The second-order valence-electron chi connectivity index (χ2n) is 15.9. The van der Waals surface area contributed by atoms with Crippen LogP contribution in [0.4, 0.5) is 0 Å². The lowest BCUT2D eigenvalue weighted by Crippen LogP contribution is -2.37. The number of aliphatic hydroxyl groups excluding tert-OH is 1. The molecular weight excluding hydrogens is 790 g/mol. The third-order valence-electron chi connectivity index (χ3n) is 8.88. The van der Waals surface area contributed by atoms with Crippen molar-refractivity contribution in [1.82, 2.24) is 0 Å². The maximum Gasteiger partial charge on any atom is 0.472 e. The number of esters is 2. The number of allylic oxidation sites excluding steroid dienone is 16. The quantitative estimate of drug-likeness (QED) is 0.0155. The minimum Gasteiger partial charge on any atom is -0.462 e. The topological polar surface area (TPSA) is 129 Å². The number of nitrogens with zero attached hydrogens (tertiary/aromatic N) is 1. The van der Waals surface area contributed by atoms with Gasteiger partial charge in [-0.05, 0) is 77.0 Å². The van der Waals surface area contributed by atoms with Gasteiger partial charge in [-0.3, -0.25) is 18.6 Å². The Morgan fingerprint density at radius 3 is 1.80 bits per heavy atom. The average molecular weight is 873 g/mol. The molecule has 3 atom stereocenters. The molecule has 0 aliphatic heterocycles. The Labute approximate surface area is 370 Å². The van der Waals surface area contributed by atoms with Gasteiger partial charge in [0.1, 0.15) is 19.8 Å². The maximum atomic E-state index is 12.7. The summed E-state index contributed by atoms with van der Waals surface area (Å²) in [5, 5.41) is 10.0. The van der Waals surface area contributed by atoms with Crippen LogP contribution < -0.4 is 0 Å². The average Bonchev–Trinajstić information content (AvgIpc) is 3.21. The van der Waals surface area contributed by atoms with E-state index in [1.165, 1.54) is 38.5 Å². The third kappa shape index (κ3) is 44.5. The van der Waals surface area contributed by atoms with E-state index in [1.54, 1.807) is 6.08 Å². The summed E-state index contributed by atoms with van der Waals surface area (Å²) in [6.07, 6.45) is 51.9. The highest BCUT2D eigenvalue weighted by atomic mass is 31.2. The van der Waals surface area contributed by atoms with E-state index >= 15 is 0 Å². The molecule has 0 heterocycles. The fraction of sp³-hybridized carbons (Fsp3) is 0.600. The lowest BCUT2D eigenvalue weighted by molar-refractivity contribution is -0.870. The number of likely N-dealkylation sites (N-methyl/N-ethyl adjacent to an activating group) is 1. The molecule has 0 spiro atoms. The SMILES string of the molecule is CC/C=C\C/C=C\CC(O)/C=C/C=C\C/C=C\C/C=C\CCC(=O)O[C@H](COC(=O)CCC/C=C\C/C=C\C/C=C\CCCCCCCC)COP(=O)(O)OCC[N+](C)(C)C. The molecule has 346 valence electrons. The van der Waals surface area contributed by atoms with E-state index in [2.05, 4.69) is 62.5 Å². The minimum atomic E-state index is -4.43. The largest absolute Gasteiger partial charge is 0.472 e. The molecule has 0 saturated heterocycles. The zero-order valence-electron chi connectivity index (χ0n) is 38.5. The second kappa shape index (κ2) is 40.7. The molecule has 0 saturated carbocycles. The molecule has 2 N–H and O–H groups in total. The van der Waals surface area contributed by atoms with Crippen LogP contribution >= 0.6 is 7.82 Å². The Kier molecular flexibility index (Phi) is 38.4. The van der Waals surface area contributed by atoms with Crippen molar-refractivity contribution in [1.29, 1.82) is 0 Å². The van der Waals surface area contributed by atoms with E-state index in [9.17, 15) is 24.2 Å². The molecule has 0 aromatic rings. The summed E-state index contributed by atoms with van der Waals surface area (Å²) >= 11 is 0. The minimum absolute atomic E-state index is 0.00509. The number of phosphoric acid groups is 1. The fourth-order valence-corrected chi connectivity index (χ4v) is 6.06. The van der Waals surface area contributed by atoms with Gasteiger partial charge >= 0.3 is 19.8 Å². The van der Waals surface area contributed by atoms with Gasteiger partial charge in [-0.25, -0.2) is 4.57 Å². The van der Waals surface area contributed by atoms with Gasteiger partial charge < -0.3 is 24.0 Å².